The molecule has 0 fully saturated rings. The molecule has 0 atom stereocenters. The van der Waals surface area contributed by atoms with E-state index in [4.69, 9.17) is 10.5 Å². The predicted molar refractivity (Wildman–Crippen MR) is 78.9 cm³/mol. The molecule has 0 heterocycles. The summed E-state index contributed by atoms with van der Waals surface area (Å²) < 4.78 is 6.21. The summed E-state index contributed by atoms with van der Waals surface area (Å²) in [5, 5.41) is 0. The van der Waals surface area contributed by atoms with Crippen LogP contribution in [0.4, 0.5) is 5.69 Å². The molecule has 0 aliphatic carbocycles. The first-order chi connectivity index (χ1) is 9.06. The van der Waals surface area contributed by atoms with E-state index < -0.39 is 0 Å². The van der Waals surface area contributed by atoms with Crippen LogP contribution in [0.2, 0.25) is 0 Å². The molecule has 0 saturated heterocycles. The van der Waals surface area contributed by atoms with E-state index in [2.05, 4.69) is 15.9 Å². The van der Waals surface area contributed by atoms with Gasteiger partial charge in [0.1, 0.15) is 6.61 Å². The minimum Gasteiger partial charge on any atom is -0.457 e. The number of carbonyl (C=O) groups is 1. The van der Waals surface area contributed by atoms with Crippen LogP contribution in [0.15, 0.2) is 46.9 Å². The van der Waals surface area contributed by atoms with E-state index in [0.29, 0.717) is 11.3 Å². The van der Waals surface area contributed by atoms with E-state index in [1.165, 1.54) is 0 Å². The van der Waals surface area contributed by atoms with Crippen LogP contribution < -0.4 is 5.73 Å². The predicted octanol–water partition coefficient (Wildman–Crippen LogP) is 3.70. The Morgan fingerprint density at radius 3 is 2.74 bits per heavy atom. The molecular weight excluding hydrogens is 306 g/mol. The first-order valence-electron chi connectivity index (χ1n) is 5.84. The lowest BCUT2D eigenvalue weighted by atomic mass is 10.1. The maximum absolute atomic E-state index is 11.9. The maximum atomic E-state index is 11.9. The van der Waals surface area contributed by atoms with Crippen LogP contribution in [0.25, 0.3) is 0 Å². The van der Waals surface area contributed by atoms with Gasteiger partial charge in [0.2, 0.25) is 0 Å². The molecule has 98 valence electrons. The Balaban J connectivity index is 2.03. The summed E-state index contributed by atoms with van der Waals surface area (Å²) >= 11 is 3.37. The molecule has 3 nitrogen and oxygen atoms in total. The summed E-state index contributed by atoms with van der Waals surface area (Å²) in [6.07, 6.45) is 0. The number of anilines is 1. The Morgan fingerprint density at radius 2 is 2.05 bits per heavy atom. The molecular formula is C15H14BrNO2. The van der Waals surface area contributed by atoms with Gasteiger partial charge in [0.15, 0.2) is 0 Å². The molecule has 0 spiro atoms. The highest BCUT2D eigenvalue weighted by atomic mass is 79.9. The van der Waals surface area contributed by atoms with Gasteiger partial charge in [-0.2, -0.15) is 0 Å². The molecule has 0 bridgehead atoms. The standard InChI is InChI=1S/C15H14BrNO2/c1-10-5-6-12(8-14(10)17)15(18)19-9-11-3-2-4-13(16)7-11/h2-8H,9,17H2,1H3. The van der Waals surface area contributed by atoms with Crippen molar-refractivity contribution in [3.63, 3.8) is 0 Å². The van der Waals surface area contributed by atoms with Crippen molar-refractivity contribution in [2.45, 2.75) is 13.5 Å². The average Bonchev–Trinajstić information content (AvgIpc) is 2.39. The van der Waals surface area contributed by atoms with E-state index >= 15 is 0 Å². The Hall–Kier alpha value is -1.81. The summed E-state index contributed by atoms with van der Waals surface area (Å²) in [7, 11) is 0. The van der Waals surface area contributed by atoms with E-state index in [0.717, 1.165) is 15.6 Å². The van der Waals surface area contributed by atoms with Crippen molar-refractivity contribution in [2.75, 3.05) is 5.73 Å². The van der Waals surface area contributed by atoms with Gasteiger partial charge in [-0.1, -0.05) is 34.1 Å². The number of benzene rings is 2. The van der Waals surface area contributed by atoms with Crippen molar-refractivity contribution in [1.82, 2.24) is 0 Å². The number of hydrogen-bond donors (Lipinski definition) is 1. The third-order valence-electron chi connectivity index (χ3n) is 2.77. The number of esters is 1. The summed E-state index contributed by atoms with van der Waals surface area (Å²) in [6, 6.07) is 12.8. The maximum Gasteiger partial charge on any atom is 0.338 e. The van der Waals surface area contributed by atoms with Gasteiger partial charge in [0.05, 0.1) is 5.56 Å². The Bertz CT molecular complexity index is 611. The third-order valence-corrected chi connectivity index (χ3v) is 3.27. The second-order valence-corrected chi connectivity index (χ2v) is 5.19. The van der Waals surface area contributed by atoms with Crippen LogP contribution in [-0.4, -0.2) is 5.97 Å². The summed E-state index contributed by atoms with van der Waals surface area (Å²) in [6.45, 7) is 2.14. The van der Waals surface area contributed by atoms with Gasteiger partial charge in [-0.15, -0.1) is 0 Å². The average molecular weight is 320 g/mol. The molecule has 0 amide bonds. The van der Waals surface area contributed by atoms with Crippen LogP contribution in [0, 0.1) is 6.92 Å². The summed E-state index contributed by atoms with van der Waals surface area (Å²) in [5.41, 5.74) is 8.72. The number of rotatable bonds is 3. The van der Waals surface area contributed by atoms with Crippen molar-refractivity contribution >= 4 is 27.6 Å². The molecule has 0 radical (unpaired) electrons. The highest BCUT2D eigenvalue weighted by Crippen LogP contribution is 2.16. The lowest BCUT2D eigenvalue weighted by molar-refractivity contribution is 0.0472. The molecule has 0 aliphatic rings. The monoisotopic (exact) mass is 319 g/mol. The van der Waals surface area contributed by atoms with E-state index in [9.17, 15) is 4.79 Å². The lowest BCUT2D eigenvalue weighted by Crippen LogP contribution is -2.06. The van der Waals surface area contributed by atoms with Crippen molar-refractivity contribution < 1.29 is 9.53 Å². The summed E-state index contributed by atoms with van der Waals surface area (Å²) in [4.78, 5) is 11.9. The number of nitrogen functional groups attached to an aromatic ring is 1. The second-order valence-electron chi connectivity index (χ2n) is 4.28. The van der Waals surface area contributed by atoms with Gasteiger partial charge >= 0.3 is 5.97 Å². The Morgan fingerprint density at radius 1 is 1.26 bits per heavy atom. The molecule has 0 saturated carbocycles. The number of nitrogens with two attached hydrogens (primary N) is 1. The van der Waals surface area contributed by atoms with Gasteiger partial charge in [-0.05, 0) is 42.3 Å². The van der Waals surface area contributed by atoms with Gasteiger partial charge in [-0.25, -0.2) is 4.79 Å². The molecule has 2 rings (SSSR count). The fourth-order valence-corrected chi connectivity index (χ4v) is 2.07. The van der Waals surface area contributed by atoms with Crippen molar-refractivity contribution in [3.05, 3.63) is 63.6 Å². The zero-order valence-corrected chi connectivity index (χ0v) is 12.1. The minimum absolute atomic E-state index is 0.242. The van der Waals surface area contributed by atoms with Crippen LogP contribution in [0.1, 0.15) is 21.5 Å². The number of aryl methyl sites for hydroxylation is 1. The SMILES string of the molecule is Cc1ccc(C(=O)OCc2cccc(Br)c2)cc1N. The summed E-state index contributed by atoms with van der Waals surface area (Å²) in [5.74, 6) is -0.369. The largest absolute Gasteiger partial charge is 0.457 e. The van der Waals surface area contributed by atoms with Crippen LogP contribution in [0.3, 0.4) is 0 Å². The van der Waals surface area contributed by atoms with Crippen molar-refractivity contribution in [1.29, 1.82) is 0 Å². The first kappa shape index (κ1) is 13.6. The van der Waals surface area contributed by atoms with Crippen LogP contribution >= 0.6 is 15.9 Å². The smallest absolute Gasteiger partial charge is 0.338 e. The van der Waals surface area contributed by atoms with Crippen molar-refractivity contribution in [2.24, 2.45) is 0 Å². The number of halogens is 1. The minimum atomic E-state index is -0.369. The highest BCUT2D eigenvalue weighted by Gasteiger charge is 2.08. The number of carbonyl (C=O) groups excluding carboxylic acids is 1. The molecule has 0 unspecified atom stereocenters. The van der Waals surface area contributed by atoms with E-state index in [1.807, 2.05) is 37.3 Å². The molecule has 2 aromatic rings. The van der Waals surface area contributed by atoms with Gasteiger partial charge in [-0.3, -0.25) is 0 Å². The first-order valence-corrected chi connectivity index (χ1v) is 6.63. The quantitative estimate of drug-likeness (QED) is 0.693. The molecule has 4 heteroatoms. The molecule has 0 aromatic heterocycles. The van der Waals surface area contributed by atoms with Gasteiger partial charge < -0.3 is 10.5 Å². The molecule has 0 aliphatic heterocycles. The zero-order chi connectivity index (χ0) is 13.8. The molecule has 2 N–H and O–H groups in total. The Labute approximate surface area is 120 Å². The topological polar surface area (TPSA) is 52.3 Å². The number of hydrogen-bond acceptors (Lipinski definition) is 3. The van der Waals surface area contributed by atoms with Crippen molar-refractivity contribution in [3.8, 4) is 0 Å². The van der Waals surface area contributed by atoms with Gasteiger partial charge in [0.25, 0.3) is 0 Å². The van der Waals surface area contributed by atoms with Crippen LogP contribution in [0.5, 0.6) is 0 Å². The third kappa shape index (κ3) is 3.58. The molecule has 19 heavy (non-hydrogen) atoms. The highest BCUT2D eigenvalue weighted by molar-refractivity contribution is 9.10. The second kappa shape index (κ2) is 5.89. The fraction of sp³-hybridized carbons (Fsp3) is 0.133. The lowest BCUT2D eigenvalue weighted by Gasteiger charge is -2.07. The normalized spacial score (nSPS) is 10.2. The van der Waals surface area contributed by atoms with Crippen LogP contribution in [-0.2, 0) is 11.3 Å². The van der Waals surface area contributed by atoms with Gasteiger partial charge in [0, 0.05) is 10.2 Å². The fourth-order valence-electron chi connectivity index (χ4n) is 1.63. The Kier molecular flexibility index (Phi) is 4.22. The zero-order valence-electron chi connectivity index (χ0n) is 10.5. The van der Waals surface area contributed by atoms with E-state index in [-0.39, 0.29) is 12.6 Å². The molecule has 2 aromatic carbocycles. The van der Waals surface area contributed by atoms with E-state index in [1.54, 1.807) is 12.1 Å². The number of ether oxygens (including phenoxy) is 1.